The van der Waals surface area contributed by atoms with E-state index >= 15 is 0 Å². The van der Waals surface area contributed by atoms with E-state index in [-0.39, 0.29) is 12.0 Å². The molecule has 138 valence electrons. The first-order valence-corrected chi connectivity index (χ1v) is 8.40. The molecule has 1 amide bonds. The van der Waals surface area contributed by atoms with Gasteiger partial charge in [-0.25, -0.2) is 4.98 Å². The molecule has 7 heteroatoms. The minimum Gasteiger partial charge on any atom is -0.469 e. The number of rotatable bonds is 5. The number of fused-ring (bicyclic) bond motifs is 1. The van der Waals surface area contributed by atoms with Crippen LogP contribution in [0.5, 0.6) is 0 Å². The first-order valence-electron chi connectivity index (χ1n) is 8.40. The Hall–Kier alpha value is -3.48. The minimum absolute atomic E-state index is 0.0480. The zero-order chi connectivity index (χ0) is 19.4. The number of carbonyl (C=O) groups is 2. The van der Waals surface area contributed by atoms with Gasteiger partial charge in [0.05, 0.1) is 19.6 Å². The number of carbonyl (C=O) groups excluding carboxylic acids is 2. The number of nitrogens with one attached hydrogen (secondary N) is 1. The molecule has 0 bridgehead atoms. The van der Waals surface area contributed by atoms with E-state index in [9.17, 15) is 14.4 Å². The van der Waals surface area contributed by atoms with Gasteiger partial charge in [-0.3, -0.25) is 18.8 Å². The first-order chi connectivity index (χ1) is 13.0. The van der Waals surface area contributed by atoms with Crippen LogP contribution in [0.1, 0.15) is 33.9 Å². The number of hydrogen-bond donors (Lipinski definition) is 1. The maximum Gasteiger partial charge on any atom is 0.307 e. The second-order valence-corrected chi connectivity index (χ2v) is 6.12. The van der Waals surface area contributed by atoms with Crippen LogP contribution in [0.25, 0.3) is 5.65 Å². The number of aryl methyl sites for hydroxylation is 1. The Labute approximate surface area is 155 Å². The molecular weight excluding hydrogens is 346 g/mol. The fourth-order valence-electron chi connectivity index (χ4n) is 2.72. The molecule has 1 aromatic carbocycles. The van der Waals surface area contributed by atoms with Crippen molar-refractivity contribution in [3.63, 3.8) is 0 Å². The zero-order valence-electron chi connectivity index (χ0n) is 15.0. The molecule has 1 atom stereocenters. The van der Waals surface area contributed by atoms with Crippen molar-refractivity contribution in [1.82, 2.24) is 14.7 Å². The van der Waals surface area contributed by atoms with Crippen LogP contribution in [0, 0.1) is 6.92 Å². The third kappa shape index (κ3) is 4.03. The van der Waals surface area contributed by atoms with Crippen LogP contribution in [0.4, 0.5) is 0 Å². The first kappa shape index (κ1) is 18.3. The van der Waals surface area contributed by atoms with E-state index in [0.29, 0.717) is 5.65 Å². The molecule has 0 aliphatic heterocycles. The summed E-state index contributed by atoms with van der Waals surface area (Å²) in [4.78, 5) is 41.2. The molecule has 2 aromatic heterocycles. The van der Waals surface area contributed by atoms with Crippen LogP contribution in [0.15, 0.2) is 59.7 Å². The van der Waals surface area contributed by atoms with E-state index in [1.54, 1.807) is 24.4 Å². The molecule has 7 nitrogen and oxygen atoms in total. The SMILES string of the molecule is COC(=O)C[C@@H](NC(=O)c1cnc2ccccn2c1=O)c1ccc(C)cc1. The van der Waals surface area contributed by atoms with E-state index in [2.05, 4.69) is 10.3 Å². The van der Waals surface area contributed by atoms with Crippen LogP contribution in [0.3, 0.4) is 0 Å². The average Bonchev–Trinajstić information content (AvgIpc) is 2.68. The molecule has 0 aliphatic rings. The summed E-state index contributed by atoms with van der Waals surface area (Å²) in [6.45, 7) is 1.94. The van der Waals surface area contributed by atoms with Crippen LogP contribution in [0.2, 0.25) is 0 Å². The lowest BCUT2D eigenvalue weighted by atomic mass is 10.0. The number of hydrogen-bond acceptors (Lipinski definition) is 5. The number of methoxy groups -OCH3 is 1. The van der Waals surface area contributed by atoms with E-state index in [1.807, 2.05) is 31.2 Å². The van der Waals surface area contributed by atoms with Crippen LogP contribution in [-0.2, 0) is 9.53 Å². The van der Waals surface area contributed by atoms with Crippen molar-refractivity contribution in [2.75, 3.05) is 7.11 Å². The lowest BCUT2D eigenvalue weighted by Crippen LogP contribution is -2.35. The molecule has 0 unspecified atom stereocenters. The molecule has 0 fully saturated rings. The Morgan fingerprint density at radius 3 is 2.63 bits per heavy atom. The molecule has 2 heterocycles. The van der Waals surface area contributed by atoms with Crippen molar-refractivity contribution < 1.29 is 14.3 Å². The van der Waals surface area contributed by atoms with Crippen molar-refractivity contribution >= 4 is 17.5 Å². The number of aromatic nitrogens is 2. The maximum absolute atomic E-state index is 12.7. The fourth-order valence-corrected chi connectivity index (χ4v) is 2.72. The second-order valence-electron chi connectivity index (χ2n) is 6.12. The molecule has 0 aliphatic carbocycles. The molecule has 3 rings (SSSR count). The smallest absolute Gasteiger partial charge is 0.307 e. The standard InChI is InChI=1S/C20H19N3O4/c1-13-6-8-14(9-7-13)16(11-18(24)27-2)22-19(25)15-12-21-17-5-3-4-10-23(17)20(15)26/h3-10,12,16H,11H2,1-2H3,(H,22,25)/t16-/m1/s1. The largest absolute Gasteiger partial charge is 0.469 e. The Morgan fingerprint density at radius 1 is 1.19 bits per heavy atom. The lowest BCUT2D eigenvalue weighted by molar-refractivity contribution is -0.141. The quantitative estimate of drug-likeness (QED) is 0.699. The van der Waals surface area contributed by atoms with Gasteiger partial charge in [-0.15, -0.1) is 0 Å². The van der Waals surface area contributed by atoms with Crippen molar-refractivity contribution in [1.29, 1.82) is 0 Å². The number of amides is 1. The zero-order valence-corrected chi connectivity index (χ0v) is 15.0. The van der Waals surface area contributed by atoms with Gasteiger partial charge in [-0.1, -0.05) is 35.9 Å². The summed E-state index contributed by atoms with van der Waals surface area (Å²) >= 11 is 0. The van der Waals surface area contributed by atoms with E-state index in [4.69, 9.17) is 4.74 Å². The van der Waals surface area contributed by atoms with E-state index in [0.717, 1.165) is 11.1 Å². The Bertz CT molecular complexity index is 1040. The summed E-state index contributed by atoms with van der Waals surface area (Å²) in [5.41, 5.74) is 1.68. The van der Waals surface area contributed by atoms with Crippen LogP contribution in [-0.4, -0.2) is 28.4 Å². The highest BCUT2D eigenvalue weighted by Gasteiger charge is 2.22. The topological polar surface area (TPSA) is 89.8 Å². The summed E-state index contributed by atoms with van der Waals surface area (Å²) in [6, 6.07) is 11.9. The van der Waals surface area contributed by atoms with Crippen molar-refractivity contribution in [2.45, 2.75) is 19.4 Å². The monoisotopic (exact) mass is 365 g/mol. The molecule has 27 heavy (non-hydrogen) atoms. The highest BCUT2D eigenvalue weighted by Crippen LogP contribution is 2.18. The molecule has 0 saturated carbocycles. The molecule has 3 aromatic rings. The second kappa shape index (κ2) is 7.82. The van der Waals surface area contributed by atoms with Gasteiger partial charge in [-0.05, 0) is 24.6 Å². The molecule has 0 spiro atoms. The Balaban J connectivity index is 1.92. The summed E-state index contributed by atoms with van der Waals surface area (Å²) in [5, 5.41) is 2.75. The van der Waals surface area contributed by atoms with Gasteiger partial charge in [0, 0.05) is 12.4 Å². The summed E-state index contributed by atoms with van der Waals surface area (Å²) in [7, 11) is 1.29. The van der Waals surface area contributed by atoms with Gasteiger partial charge in [0.1, 0.15) is 11.2 Å². The number of nitrogens with zero attached hydrogens (tertiary/aromatic N) is 2. The third-order valence-electron chi connectivity index (χ3n) is 4.24. The van der Waals surface area contributed by atoms with Gasteiger partial charge in [0.2, 0.25) is 0 Å². The van der Waals surface area contributed by atoms with Gasteiger partial charge in [0.15, 0.2) is 0 Å². The Morgan fingerprint density at radius 2 is 1.93 bits per heavy atom. The number of pyridine rings is 1. The summed E-state index contributed by atoms with van der Waals surface area (Å²) < 4.78 is 6.03. The highest BCUT2D eigenvalue weighted by atomic mass is 16.5. The molecule has 0 saturated heterocycles. The molecule has 0 radical (unpaired) electrons. The van der Waals surface area contributed by atoms with Gasteiger partial charge in [0.25, 0.3) is 11.5 Å². The molecular formula is C20H19N3O4. The van der Waals surface area contributed by atoms with Crippen LogP contribution >= 0.6 is 0 Å². The van der Waals surface area contributed by atoms with Gasteiger partial charge >= 0.3 is 5.97 Å². The Kier molecular flexibility index (Phi) is 5.30. The van der Waals surface area contributed by atoms with E-state index in [1.165, 1.54) is 17.7 Å². The normalized spacial score (nSPS) is 11.8. The van der Waals surface area contributed by atoms with Gasteiger partial charge < -0.3 is 10.1 Å². The highest BCUT2D eigenvalue weighted by molar-refractivity contribution is 5.94. The minimum atomic E-state index is -0.624. The summed E-state index contributed by atoms with van der Waals surface area (Å²) in [6.07, 6.45) is 2.75. The van der Waals surface area contributed by atoms with Crippen molar-refractivity contribution in [3.8, 4) is 0 Å². The third-order valence-corrected chi connectivity index (χ3v) is 4.24. The maximum atomic E-state index is 12.7. The summed E-state index contributed by atoms with van der Waals surface area (Å²) in [5.74, 6) is -1.06. The number of ether oxygens (including phenoxy) is 1. The van der Waals surface area contributed by atoms with E-state index < -0.39 is 23.5 Å². The van der Waals surface area contributed by atoms with Crippen molar-refractivity contribution in [3.05, 3.63) is 81.9 Å². The predicted molar refractivity (Wildman–Crippen MR) is 99.5 cm³/mol. The number of esters is 1. The number of benzene rings is 1. The molecule has 1 N–H and O–H groups in total. The van der Waals surface area contributed by atoms with Crippen molar-refractivity contribution in [2.24, 2.45) is 0 Å². The average molecular weight is 365 g/mol. The predicted octanol–water partition coefficient (Wildman–Crippen LogP) is 2.04. The van der Waals surface area contributed by atoms with Crippen LogP contribution < -0.4 is 10.9 Å². The van der Waals surface area contributed by atoms with Gasteiger partial charge in [-0.2, -0.15) is 0 Å². The lowest BCUT2D eigenvalue weighted by Gasteiger charge is -2.18. The fraction of sp³-hybridized carbons (Fsp3) is 0.200.